The van der Waals surface area contributed by atoms with Gasteiger partial charge in [0.1, 0.15) is 13.1 Å². The van der Waals surface area contributed by atoms with Crippen molar-refractivity contribution in [2.75, 3.05) is 50.9 Å². The van der Waals surface area contributed by atoms with Crippen molar-refractivity contribution in [3.63, 3.8) is 0 Å². The van der Waals surface area contributed by atoms with E-state index in [0.29, 0.717) is 44.0 Å². The van der Waals surface area contributed by atoms with Gasteiger partial charge in [-0.1, -0.05) is 83.9 Å². The molecule has 0 saturated carbocycles. The third-order valence-electron chi connectivity index (χ3n) is 6.26. The molecule has 240 valence electrons. The average Bonchev–Trinajstić information content (AvgIpc) is 3.07. The summed E-state index contributed by atoms with van der Waals surface area (Å²) >= 11 is 12.1. The van der Waals surface area contributed by atoms with Crippen molar-refractivity contribution in [3.8, 4) is 0 Å². The van der Waals surface area contributed by atoms with Crippen LogP contribution in [0.3, 0.4) is 0 Å². The van der Waals surface area contributed by atoms with E-state index in [1.54, 1.807) is 36.4 Å². The smallest absolute Gasteiger partial charge is 0.241 e. The molecule has 12 heteroatoms. The van der Waals surface area contributed by atoms with Gasteiger partial charge in [0.15, 0.2) is 0 Å². The largest absolute Gasteiger partial charge is 0.398 e. The summed E-state index contributed by atoms with van der Waals surface area (Å²) in [4.78, 5) is 32.3. The fourth-order valence-electron chi connectivity index (χ4n) is 4.13. The molecule has 2 amide bonds. The van der Waals surface area contributed by atoms with E-state index in [-0.39, 0.29) is 51.2 Å². The van der Waals surface area contributed by atoms with E-state index < -0.39 is 0 Å². The summed E-state index contributed by atoms with van der Waals surface area (Å²) in [6.45, 7) is 0.0689. The molecule has 0 aliphatic carbocycles. The van der Waals surface area contributed by atoms with Crippen LogP contribution in [0.4, 0.5) is 11.4 Å². The fourth-order valence-corrected chi connectivity index (χ4v) is 4.47. The maximum absolute atomic E-state index is 11.7. The fraction of sp³-hybridized carbons (Fsp3) is 0.176. The lowest BCUT2D eigenvalue weighted by atomic mass is 10.0. The summed E-state index contributed by atoms with van der Waals surface area (Å²) < 4.78 is 0. The number of nitrogens with one attached hydrogen (secondary N) is 2. The molecule has 0 unspecified atom stereocenters. The van der Waals surface area contributed by atoms with Crippen LogP contribution in [-0.2, 0) is 9.59 Å². The quantitative estimate of drug-likeness (QED) is 0.0995. The van der Waals surface area contributed by atoms with Gasteiger partial charge in [0, 0.05) is 56.8 Å². The first-order valence-corrected chi connectivity index (χ1v) is 15.0. The third kappa shape index (κ3) is 11.3. The second kappa shape index (κ2) is 18.9. The minimum absolute atomic E-state index is 0.0593. The normalized spacial score (nSPS) is 11.3. The molecule has 4 aromatic rings. The molecule has 46 heavy (non-hydrogen) atoms. The van der Waals surface area contributed by atoms with Crippen molar-refractivity contribution >= 4 is 57.8 Å². The van der Waals surface area contributed by atoms with Crippen LogP contribution in [0, 0.1) is 0 Å². The van der Waals surface area contributed by atoms with Crippen LogP contribution in [0.25, 0.3) is 0 Å². The number of anilines is 2. The molecule has 0 aliphatic heterocycles. The number of nitrogens with zero attached hydrogens (tertiary/aromatic N) is 2. The van der Waals surface area contributed by atoms with Crippen LogP contribution in [0.2, 0.25) is 10.0 Å². The Bertz CT molecular complexity index is 1530. The molecule has 0 radical (unpaired) electrons. The highest BCUT2D eigenvalue weighted by Crippen LogP contribution is 2.23. The number of halogens is 2. The van der Waals surface area contributed by atoms with Gasteiger partial charge >= 0.3 is 0 Å². The van der Waals surface area contributed by atoms with Crippen molar-refractivity contribution in [3.05, 3.63) is 129 Å². The molecule has 4 rings (SSSR count). The second-order valence-electron chi connectivity index (χ2n) is 9.67. The van der Waals surface area contributed by atoms with Gasteiger partial charge in [0.05, 0.1) is 24.6 Å². The van der Waals surface area contributed by atoms with Gasteiger partial charge in [-0.05, 0) is 36.4 Å². The molecule has 0 heterocycles. The molecule has 0 saturated heterocycles. The van der Waals surface area contributed by atoms with Gasteiger partial charge in [-0.25, -0.2) is 0 Å². The van der Waals surface area contributed by atoms with Crippen LogP contribution in [0.15, 0.2) is 107 Å². The molecule has 0 bridgehead atoms. The van der Waals surface area contributed by atoms with Crippen molar-refractivity contribution in [1.82, 2.24) is 10.6 Å². The number of nitrogens with two attached hydrogens (primary N) is 2. The Balaban J connectivity index is 0.000000250. The third-order valence-corrected chi connectivity index (χ3v) is 6.74. The topological polar surface area (TPSA) is 175 Å². The zero-order valence-corrected chi connectivity index (χ0v) is 26.5. The number of aliphatic hydroxyl groups excluding tert-OH is 2. The lowest BCUT2D eigenvalue weighted by molar-refractivity contribution is -0.120. The molecule has 8 N–H and O–H groups in total. The van der Waals surface area contributed by atoms with Gasteiger partial charge in [0.25, 0.3) is 0 Å². The maximum Gasteiger partial charge on any atom is 0.241 e. The van der Waals surface area contributed by atoms with Crippen LogP contribution in [0.5, 0.6) is 0 Å². The molecular weight excluding hydrogens is 627 g/mol. The van der Waals surface area contributed by atoms with Crippen LogP contribution in [0.1, 0.15) is 22.3 Å². The summed E-state index contributed by atoms with van der Waals surface area (Å²) in [6.07, 6.45) is 0. The van der Waals surface area contributed by atoms with Crippen LogP contribution < -0.4 is 22.1 Å². The van der Waals surface area contributed by atoms with Crippen LogP contribution >= 0.6 is 23.2 Å². The van der Waals surface area contributed by atoms with E-state index in [2.05, 4.69) is 20.6 Å². The highest BCUT2D eigenvalue weighted by atomic mass is 35.5. The van der Waals surface area contributed by atoms with E-state index in [0.717, 1.165) is 11.1 Å². The van der Waals surface area contributed by atoms with Gasteiger partial charge in [0.2, 0.25) is 11.8 Å². The minimum atomic E-state index is -0.270. The Kier molecular flexibility index (Phi) is 14.7. The maximum atomic E-state index is 11.7. The predicted molar refractivity (Wildman–Crippen MR) is 186 cm³/mol. The highest BCUT2D eigenvalue weighted by Gasteiger charge is 2.13. The van der Waals surface area contributed by atoms with Crippen LogP contribution in [-0.4, -0.2) is 72.8 Å². The molecular formula is C34H36Cl2N6O4. The lowest BCUT2D eigenvalue weighted by Gasteiger charge is -2.11. The van der Waals surface area contributed by atoms with Crippen molar-refractivity contribution in [2.45, 2.75) is 0 Å². The highest BCUT2D eigenvalue weighted by molar-refractivity contribution is 6.32. The zero-order valence-electron chi connectivity index (χ0n) is 25.0. The Morgan fingerprint density at radius 1 is 0.609 bits per heavy atom. The molecule has 0 spiro atoms. The summed E-state index contributed by atoms with van der Waals surface area (Å²) in [6, 6.07) is 29.2. The number of hydrogen-bond donors (Lipinski definition) is 6. The second-order valence-corrected chi connectivity index (χ2v) is 10.5. The van der Waals surface area contributed by atoms with E-state index in [9.17, 15) is 9.59 Å². The van der Waals surface area contributed by atoms with Gasteiger partial charge < -0.3 is 32.3 Å². The van der Waals surface area contributed by atoms with Gasteiger partial charge in [-0.15, -0.1) is 0 Å². The first-order chi connectivity index (χ1) is 22.2. The first-order valence-electron chi connectivity index (χ1n) is 14.3. The first kappa shape index (κ1) is 35.7. The number of aliphatic imine (C=N–C) groups is 2. The average molecular weight is 664 g/mol. The number of aliphatic hydroxyl groups is 2. The number of rotatable bonds is 12. The lowest BCUT2D eigenvalue weighted by Crippen LogP contribution is -2.28. The standard InChI is InChI=1S/2C17H18ClN3O2/c2*18-13-6-7-15(19)14(10-13)17(12-4-2-1-3-5-12)21-11-16(23)20-8-9-22/h2*1-7,10,22H,8-9,11,19H2,(H,20,23). The van der Waals surface area contributed by atoms with E-state index in [1.807, 2.05) is 60.7 Å². The number of benzene rings is 4. The summed E-state index contributed by atoms with van der Waals surface area (Å²) in [7, 11) is 0. The predicted octanol–water partition coefficient (Wildman–Crippen LogP) is 3.74. The monoisotopic (exact) mass is 662 g/mol. The minimum Gasteiger partial charge on any atom is -0.398 e. The van der Waals surface area contributed by atoms with Gasteiger partial charge in [-0.3, -0.25) is 19.6 Å². The van der Waals surface area contributed by atoms with E-state index >= 15 is 0 Å². The molecule has 4 aromatic carbocycles. The Hall–Kier alpha value is -4.74. The molecule has 0 fully saturated rings. The SMILES string of the molecule is Nc1ccc(Cl)cc1C(=NCC(=O)NCCO)c1ccccc1.Nc1ccc(Cl)cc1C(=NCC(=O)NCCO)c1ccccc1. The molecule has 0 aliphatic rings. The molecule has 0 atom stereocenters. The number of hydrogen-bond acceptors (Lipinski definition) is 8. The summed E-state index contributed by atoms with van der Waals surface area (Å²) in [5.74, 6) is -0.541. The van der Waals surface area contributed by atoms with Crippen molar-refractivity contribution in [1.29, 1.82) is 0 Å². The van der Waals surface area contributed by atoms with E-state index in [1.165, 1.54) is 0 Å². The molecule has 0 aromatic heterocycles. The number of carbonyl (C=O) groups excluding carboxylic acids is 2. The van der Waals surface area contributed by atoms with Crippen molar-refractivity contribution in [2.24, 2.45) is 9.98 Å². The summed E-state index contributed by atoms with van der Waals surface area (Å²) in [5.41, 5.74) is 17.4. The van der Waals surface area contributed by atoms with E-state index in [4.69, 9.17) is 44.9 Å². The van der Waals surface area contributed by atoms with Crippen molar-refractivity contribution < 1.29 is 19.8 Å². The zero-order chi connectivity index (χ0) is 33.3. The number of carbonyl (C=O) groups is 2. The summed E-state index contributed by atoms with van der Waals surface area (Å²) in [5, 5.41) is 23.7. The Morgan fingerprint density at radius 2 is 0.978 bits per heavy atom. The van der Waals surface area contributed by atoms with Gasteiger partial charge in [-0.2, -0.15) is 0 Å². The molecule has 10 nitrogen and oxygen atoms in total. The Morgan fingerprint density at radius 3 is 1.33 bits per heavy atom. The number of amides is 2. The number of nitrogen functional groups attached to an aromatic ring is 2. The Labute approximate surface area is 277 Å².